The predicted octanol–water partition coefficient (Wildman–Crippen LogP) is 2.13. The molecule has 2 rings (SSSR count). The van der Waals surface area contributed by atoms with Gasteiger partial charge in [0.15, 0.2) is 0 Å². The van der Waals surface area contributed by atoms with Gasteiger partial charge in [0.05, 0.1) is 0 Å². The molecule has 82 valence electrons. The first-order valence-corrected chi connectivity index (χ1v) is 6.30. The van der Waals surface area contributed by atoms with E-state index in [0.717, 1.165) is 6.04 Å². The summed E-state index contributed by atoms with van der Waals surface area (Å²) in [6, 6.07) is 1.90. The van der Waals surface area contributed by atoms with Crippen LogP contribution >= 0.6 is 0 Å². The van der Waals surface area contributed by atoms with Crippen LogP contribution in [0.25, 0.3) is 0 Å². The number of hydrogen-bond acceptors (Lipinski definition) is 2. The molecule has 0 radical (unpaired) electrons. The molecule has 1 aliphatic heterocycles. The molecule has 2 fully saturated rings. The Labute approximate surface area is 87.8 Å². The van der Waals surface area contributed by atoms with Crippen molar-refractivity contribution in [2.75, 3.05) is 6.54 Å². The van der Waals surface area contributed by atoms with Crippen LogP contribution in [0, 0.1) is 0 Å². The Hall–Kier alpha value is -0.0800. The van der Waals surface area contributed by atoms with Crippen LogP contribution in [0.4, 0.5) is 0 Å². The van der Waals surface area contributed by atoms with E-state index in [1.54, 1.807) is 0 Å². The standard InChI is InChI=1S/C12H24N2/c1-10(13)12-8-5-9-14(12)11-6-3-2-4-7-11/h10-12H,2-9,13H2,1H3. The number of likely N-dealkylation sites (tertiary alicyclic amines) is 1. The number of rotatable bonds is 2. The van der Waals surface area contributed by atoms with Crippen LogP contribution in [0.2, 0.25) is 0 Å². The van der Waals surface area contributed by atoms with Gasteiger partial charge in [0.25, 0.3) is 0 Å². The lowest BCUT2D eigenvalue weighted by molar-refractivity contribution is 0.130. The zero-order valence-electron chi connectivity index (χ0n) is 9.41. The molecule has 14 heavy (non-hydrogen) atoms. The fraction of sp³-hybridized carbons (Fsp3) is 1.00. The van der Waals surface area contributed by atoms with E-state index in [-0.39, 0.29) is 0 Å². The molecule has 0 spiro atoms. The summed E-state index contributed by atoms with van der Waals surface area (Å²) >= 11 is 0. The Kier molecular flexibility index (Phi) is 3.45. The third-order valence-corrected chi connectivity index (χ3v) is 3.99. The summed E-state index contributed by atoms with van der Waals surface area (Å²) < 4.78 is 0. The van der Waals surface area contributed by atoms with Gasteiger partial charge in [-0.1, -0.05) is 19.3 Å². The molecule has 2 nitrogen and oxygen atoms in total. The van der Waals surface area contributed by atoms with Crippen LogP contribution in [0.15, 0.2) is 0 Å². The lowest BCUT2D eigenvalue weighted by Gasteiger charge is -2.37. The fourth-order valence-electron chi connectivity index (χ4n) is 3.25. The van der Waals surface area contributed by atoms with Crippen molar-refractivity contribution in [2.45, 2.75) is 70.0 Å². The number of hydrogen-bond donors (Lipinski definition) is 1. The summed E-state index contributed by atoms with van der Waals surface area (Å²) in [5, 5.41) is 0. The van der Waals surface area contributed by atoms with Crippen molar-refractivity contribution in [3.8, 4) is 0 Å². The Morgan fingerprint density at radius 3 is 2.43 bits per heavy atom. The number of nitrogens with two attached hydrogens (primary N) is 1. The third-order valence-electron chi connectivity index (χ3n) is 3.99. The summed E-state index contributed by atoms with van der Waals surface area (Å²) in [4.78, 5) is 2.71. The molecule has 1 saturated carbocycles. The first kappa shape index (κ1) is 10.4. The van der Waals surface area contributed by atoms with E-state index in [4.69, 9.17) is 5.73 Å². The highest BCUT2D eigenvalue weighted by molar-refractivity contribution is 4.90. The van der Waals surface area contributed by atoms with E-state index in [1.165, 1.54) is 51.5 Å². The molecule has 2 heteroatoms. The molecule has 2 atom stereocenters. The first-order chi connectivity index (χ1) is 6.79. The molecule has 0 amide bonds. The maximum Gasteiger partial charge on any atom is 0.0247 e. The van der Waals surface area contributed by atoms with Gasteiger partial charge >= 0.3 is 0 Å². The van der Waals surface area contributed by atoms with Gasteiger partial charge < -0.3 is 5.73 Å². The van der Waals surface area contributed by atoms with Crippen LogP contribution in [-0.4, -0.2) is 29.6 Å². The van der Waals surface area contributed by atoms with Gasteiger partial charge in [0, 0.05) is 18.1 Å². The van der Waals surface area contributed by atoms with Crippen molar-refractivity contribution in [1.29, 1.82) is 0 Å². The van der Waals surface area contributed by atoms with E-state index in [0.29, 0.717) is 12.1 Å². The summed E-state index contributed by atoms with van der Waals surface area (Å²) in [5.41, 5.74) is 6.05. The van der Waals surface area contributed by atoms with Crippen molar-refractivity contribution in [1.82, 2.24) is 4.90 Å². The normalized spacial score (nSPS) is 33.4. The lowest BCUT2D eigenvalue weighted by atomic mass is 9.93. The van der Waals surface area contributed by atoms with Crippen molar-refractivity contribution in [3.05, 3.63) is 0 Å². The van der Waals surface area contributed by atoms with Gasteiger partial charge in [-0.05, 0) is 39.2 Å². The van der Waals surface area contributed by atoms with Crippen molar-refractivity contribution < 1.29 is 0 Å². The maximum absolute atomic E-state index is 6.05. The smallest absolute Gasteiger partial charge is 0.0247 e. The Balaban J connectivity index is 1.94. The molecule has 2 unspecified atom stereocenters. The third kappa shape index (κ3) is 2.12. The average molecular weight is 196 g/mol. The second kappa shape index (κ2) is 4.63. The topological polar surface area (TPSA) is 29.3 Å². The molecular formula is C12H24N2. The molecule has 0 aromatic carbocycles. The first-order valence-electron chi connectivity index (χ1n) is 6.30. The van der Waals surface area contributed by atoms with Gasteiger partial charge in [0.2, 0.25) is 0 Å². The van der Waals surface area contributed by atoms with Crippen LogP contribution in [0.5, 0.6) is 0 Å². The molecular weight excluding hydrogens is 172 g/mol. The molecule has 0 bridgehead atoms. The second-order valence-corrected chi connectivity index (χ2v) is 5.10. The molecule has 1 saturated heterocycles. The van der Waals surface area contributed by atoms with E-state index < -0.39 is 0 Å². The van der Waals surface area contributed by atoms with E-state index in [2.05, 4.69) is 11.8 Å². The Morgan fingerprint density at radius 1 is 1.07 bits per heavy atom. The zero-order valence-corrected chi connectivity index (χ0v) is 9.41. The maximum atomic E-state index is 6.05. The average Bonchev–Trinajstić information content (AvgIpc) is 2.67. The summed E-state index contributed by atoms with van der Waals surface area (Å²) in [6.45, 7) is 3.47. The minimum atomic E-state index is 0.361. The Morgan fingerprint density at radius 2 is 1.79 bits per heavy atom. The van der Waals surface area contributed by atoms with Gasteiger partial charge in [-0.3, -0.25) is 4.90 Å². The van der Waals surface area contributed by atoms with Gasteiger partial charge in [-0.15, -0.1) is 0 Å². The lowest BCUT2D eigenvalue weighted by Crippen LogP contribution is -2.47. The highest BCUT2D eigenvalue weighted by Gasteiger charge is 2.32. The van der Waals surface area contributed by atoms with Gasteiger partial charge in [0.1, 0.15) is 0 Å². The zero-order chi connectivity index (χ0) is 9.97. The molecule has 0 aromatic heterocycles. The quantitative estimate of drug-likeness (QED) is 0.733. The molecule has 1 heterocycles. The highest BCUT2D eigenvalue weighted by atomic mass is 15.2. The van der Waals surface area contributed by atoms with Gasteiger partial charge in [-0.2, -0.15) is 0 Å². The number of nitrogens with zero attached hydrogens (tertiary/aromatic N) is 1. The van der Waals surface area contributed by atoms with Crippen LogP contribution in [0.3, 0.4) is 0 Å². The van der Waals surface area contributed by atoms with Crippen molar-refractivity contribution >= 4 is 0 Å². The minimum Gasteiger partial charge on any atom is -0.327 e. The monoisotopic (exact) mass is 196 g/mol. The summed E-state index contributed by atoms with van der Waals surface area (Å²) in [7, 11) is 0. The fourth-order valence-corrected chi connectivity index (χ4v) is 3.25. The molecule has 0 aromatic rings. The van der Waals surface area contributed by atoms with Crippen LogP contribution in [0.1, 0.15) is 51.9 Å². The molecule has 2 N–H and O–H groups in total. The van der Waals surface area contributed by atoms with E-state index >= 15 is 0 Å². The molecule has 1 aliphatic carbocycles. The minimum absolute atomic E-state index is 0.361. The van der Waals surface area contributed by atoms with E-state index in [9.17, 15) is 0 Å². The van der Waals surface area contributed by atoms with E-state index in [1.807, 2.05) is 0 Å². The SMILES string of the molecule is CC(N)C1CCCN1C1CCCCC1. The largest absolute Gasteiger partial charge is 0.327 e. The van der Waals surface area contributed by atoms with Crippen molar-refractivity contribution in [2.24, 2.45) is 5.73 Å². The van der Waals surface area contributed by atoms with Gasteiger partial charge in [-0.25, -0.2) is 0 Å². The van der Waals surface area contributed by atoms with Crippen LogP contribution in [-0.2, 0) is 0 Å². The van der Waals surface area contributed by atoms with Crippen molar-refractivity contribution in [3.63, 3.8) is 0 Å². The predicted molar refractivity (Wildman–Crippen MR) is 60.3 cm³/mol. The molecule has 2 aliphatic rings. The summed E-state index contributed by atoms with van der Waals surface area (Å²) in [6.07, 6.45) is 9.86. The second-order valence-electron chi connectivity index (χ2n) is 5.10. The van der Waals surface area contributed by atoms with Crippen LogP contribution < -0.4 is 5.73 Å². The highest BCUT2D eigenvalue weighted by Crippen LogP contribution is 2.29. The summed E-state index contributed by atoms with van der Waals surface area (Å²) in [5.74, 6) is 0. The Bertz CT molecular complexity index is 173.